The number of carbonyl (C=O) groups is 1. The average Bonchev–Trinajstić information content (AvgIpc) is 3.50. The van der Waals surface area contributed by atoms with Gasteiger partial charge in [-0.25, -0.2) is 17.9 Å². The van der Waals surface area contributed by atoms with Gasteiger partial charge in [0, 0.05) is 37.8 Å². The number of carbonyl (C=O) groups excluding carboxylic acids is 1. The summed E-state index contributed by atoms with van der Waals surface area (Å²) < 4.78 is 31.4. The summed E-state index contributed by atoms with van der Waals surface area (Å²) in [5, 5.41) is 3.00. The van der Waals surface area contributed by atoms with E-state index in [4.69, 9.17) is 4.74 Å². The Hall–Kier alpha value is -1.64. The van der Waals surface area contributed by atoms with Gasteiger partial charge in [-0.1, -0.05) is 12.1 Å². The number of hydrogen-bond donors (Lipinski definition) is 2. The molecule has 7 nitrogen and oxygen atoms in total. The summed E-state index contributed by atoms with van der Waals surface area (Å²) >= 11 is 0. The molecule has 3 aliphatic rings. The molecule has 3 fully saturated rings. The molecule has 0 radical (unpaired) electrons. The number of benzene rings is 1. The van der Waals surface area contributed by atoms with Crippen molar-refractivity contribution in [3.05, 3.63) is 29.8 Å². The summed E-state index contributed by atoms with van der Waals surface area (Å²) in [5.74, 6) is 0.647. The maximum absolute atomic E-state index is 12.7. The predicted octanol–water partition coefficient (Wildman–Crippen LogP) is 1.70. The van der Waals surface area contributed by atoms with Gasteiger partial charge in [0.25, 0.3) is 0 Å². The van der Waals surface area contributed by atoms with Crippen LogP contribution in [0.15, 0.2) is 29.2 Å². The Labute approximate surface area is 160 Å². The minimum absolute atomic E-state index is 0.0176. The third-order valence-electron chi connectivity index (χ3n) is 6.21. The van der Waals surface area contributed by atoms with Gasteiger partial charge >= 0.3 is 6.03 Å². The van der Waals surface area contributed by atoms with Crippen LogP contribution in [0.25, 0.3) is 0 Å². The highest BCUT2D eigenvalue weighted by Gasteiger charge is 2.59. The summed E-state index contributed by atoms with van der Waals surface area (Å²) in [5.41, 5.74) is 1.14. The molecule has 1 unspecified atom stereocenters. The van der Waals surface area contributed by atoms with Crippen molar-refractivity contribution in [1.82, 2.24) is 14.9 Å². The Morgan fingerprint density at radius 1 is 1.22 bits per heavy atom. The molecule has 2 saturated heterocycles. The van der Waals surface area contributed by atoms with Crippen molar-refractivity contribution >= 4 is 16.1 Å². The van der Waals surface area contributed by atoms with Gasteiger partial charge in [-0.2, -0.15) is 0 Å². The third-order valence-corrected chi connectivity index (χ3v) is 7.64. The number of rotatable bonds is 5. The SMILES string of the molecule is CNS(=O)(=O)c1ccc(CNC(=O)N2CC3(CCOCC3)C2C2CC2)cc1. The largest absolute Gasteiger partial charge is 0.381 e. The van der Waals surface area contributed by atoms with Gasteiger partial charge in [0.2, 0.25) is 10.0 Å². The van der Waals surface area contributed by atoms with Crippen LogP contribution in [0.2, 0.25) is 0 Å². The molecule has 4 rings (SSSR count). The van der Waals surface area contributed by atoms with Crippen molar-refractivity contribution in [3.63, 3.8) is 0 Å². The van der Waals surface area contributed by atoms with Crippen LogP contribution in [0.3, 0.4) is 0 Å². The van der Waals surface area contributed by atoms with Crippen LogP contribution < -0.4 is 10.0 Å². The molecular weight excluding hydrogens is 366 g/mol. The number of sulfonamides is 1. The van der Waals surface area contributed by atoms with Crippen LogP contribution in [0, 0.1) is 11.3 Å². The zero-order valence-electron chi connectivity index (χ0n) is 15.6. The Kier molecular flexibility index (Phi) is 4.90. The van der Waals surface area contributed by atoms with Crippen LogP contribution in [0.1, 0.15) is 31.2 Å². The molecule has 2 amide bonds. The quantitative estimate of drug-likeness (QED) is 0.797. The van der Waals surface area contributed by atoms with Crippen molar-refractivity contribution in [1.29, 1.82) is 0 Å². The molecule has 1 atom stereocenters. The number of ether oxygens (including phenoxy) is 1. The lowest BCUT2D eigenvalue weighted by Crippen LogP contribution is -2.70. The predicted molar refractivity (Wildman–Crippen MR) is 101 cm³/mol. The van der Waals surface area contributed by atoms with Crippen molar-refractivity contribution in [2.24, 2.45) is 11.3 Å². The first kappa shape index (κ1) is 18.7. The topological polar surface area (TPSA) is 87.7 Å². The number of urea groups is 1. The third kappa shape index (κ3) is 3.58. The first-order valence-corrected chi connectivity index (χ1v) is 11.1. The lowest BCUT2D eigenvalue weighted by atomic mass is 9.64. The Morgan fingerprint density at radius 3 is 2.48 bits per heavy atom. The normalized spacial score (nSPS) is 24.5. The number of likely N-dealkylation sites (tertiary alicyclic amines) is 1. The smallest absolute Gasteiger partial charge is 0.317 e. The summed E-state index contributed by atoms with van der Waals surface area (Å²) in [6.07, 6.45) is 4.55. The van der Waals surface area contributed by atoms with Crippen molar-refractivity contribution in [2.45, 2.75) is 43.2 Å². The first-order chi connectivity index (χ1) is 13.0. The van der Waals surface area contributed by atoms with Crippen molar-refractivity contribution < 1.29 is 17.9 Å². The second-order valence-corrected chi connectivity index (χ2v) is 9.78. The van der Waals surface area contributed by atoms with Crippen LogP contribution >= 0.6 is 0 Å². The molecule has 2 N–H and O–H groups in total. The van der Waals surface area contributed by atoms with Gasteiger partial charge < -0.3 is 15.0 Å². The van der Waals surface area contributed by atoms with Gasteiger partial charge in [-0.3, -0.25) is 0 Å². The van der Waals surface area contributed by atoms with E-state index >= 15 is 0 Å². The molecule has 148 valence electrons. The van der Waals surface area contributed by atoms with E-state index in [1.54, 1.807) is 24.3 Å². The van der Waals surface area contributed by atoms with E-state index in [1.165, 1.54) is 19.9 Å². The van der Waals surface area contributed by atoms with Gasteiger partial charge in [0.1, 0.15) is 0 Å². The highest BCUT2D eigenvalue weighted by atomic mass is 32.2. The molecule has 0 aromatic heterocycles. The molecule has 8 heteroatoms. The molecule has 1 aromatic carbocycles. The van der Waals surface area contributed by atoms with Crippen LogP contribution in [0.4, 0.5) is 4.79 Å². The number of hydrogen-bond acceptors (Lipinski definition) is 4. The van der Waals surface area contributed by atoms with Gasteiger partial charge in [-0.15, -0.1) is 0 Å². The molecule has 2 heterocycles. The highest BCUT2D eigenvalue weighted by Crippen LogP contribution is 2.54. The summed E-state index contributed by atoms with van der Waals surface area (Å²) in [4.78, 5) is 14.9. The summed E-state index contributed by atoms with van der Waals surface area (Å²) in [6.45, 7) is 2.83. The second kappa shape index (κ2) is 7.07. The molecule has 1 spiro atoms. The van der Waals surface area contributed by atoms with Crippen LogP contribution in [0.5, 0.6) is 0 Å². The van der Waals surface area contributed by atoms with Gasteiger partial charge in [-0.05, 0) is 56.3 Å². The molecule has 2 aliphatic heterocycles. The van der Waals surface area contributed by atoms with Gasteiger partial charge in [0.05, 0.1) is 4.90 Å². The molecule has 1 saturated carbocycles. The maximum atomic E-state index is 12.7. The van der Waals surface area contributed by atoms with E-state index in [0.29, 0.717) is 18.5 Å². The summed E-state index contributed by atoms with van der Waals surface area (Å²) in [7, 11) is -2.05. The van der Waals surface area contributed by atoms with E-state index < -0.39 is 10.0 Å². The molecule has 0 bridgehead atoms. The van der Waals surface area contributed by atoms with Crippen LogP contribution in [-0.2, 0) is 21.3 Å². The number of amides is 2. The monoisotopic (exact) mass is 393 g/mol. The fourth-order valence-electron chi connectivity index (χ4n) is 4.53. The van der Waals surface area contributed by atoms with E-state index in [2.05, 4.69) is 10.0 Å². The Bertz CT molecular complexity index is 799. The van der Waals surface area contributed by atoms with Crippen molar-refractivity contribution in [3.8, 4) is 0 Å². The van der Waals surface area contributed by atoms with E-state index in [-0.39, 0.29) is 16.3 Å². The molecule has 1 aromatic rings. The highest BCUT2D eigenvalue weighted by molar-refractivity contribution is 7.89. The Balaban J connectivity index is 1.36. The number of nitrogens with one attached hydrogen (secondary N) is 2. The minimum atomic E-state index is -3.44. The molecule has 27 heavy (non-hydrogen) atoms. The minimum Gasteiger partial charge on any atom is -0.381 e. The van der Waals surface area contributed by atoms with Gasteiger partial charge in [0.15, 0.2) is 0 Å². The fourth-order valence-corrected chi connectivity index (χ4v) is 5.26. The first-order valence-electron chi connectivity index (χ1n) is 9.60. The van der Waals surface area contributed by atoms with E-state index in [1.807, 2.05) is 4.90 Å². The zero-order chi connectivity index (χ0) is 19.1. The second-order valence-electron chi connectivity index (χ2n) is 7.90. The van der Waals surface area contributed by atoms with E-state index in [0.717, 1.165) is 38.2 Å². The number of nitrogens with zero attached hydrogens (tertiary/aromatic N) is 1. The van der Waals surface area contributed by atoms with Crippen LogP contribution in [-0.4, -0.2) is 52.2 Å². The molecular formula is C19H27N3O4S. The van der Waals surface area contributed by atoms with Crippen molar-refractivity contribution in [2.75, 3.05) is 26.8 Å². The fraction of sp³-hybridized carbons (Fsp3) is 0.632. The Morgan fingerprint density at radius 2 is 1.89 bits per heavy atom. The standard InChI is InChI=1S/C19H27N3O4S/c1-20-27(24,25)16-6-2-14(3-7-16)12-21-18(23)22-13-19(8-10-26-11-9-19)17(22)15-4-5-15/h2-3,6-7,15,17,20H,4-5,8-13H2,1H3,(H,21,23). The maximum Gasteiger partial charge on any atom is 0.317 e. The molecule has 1 aliphatic carbocycles. The van der Waals surface area contributed by atoms with E-state index in [9.17, 15) is 13.2 Å². The average molecular weight is 394 g/mol. The lowest BCUT2D eigenvalue weighted by molar-refractivity contribution is -0.117. The summed E-state index contributed by atoms with van der Waals surface area (Å²) in [6, 6.07) is 6.92. The zero-order valence-corrected chi connectivity index (χ0v) is 16.4. The lowest BCUT2D eigenvalue weighted by Gasteiger charge is -2.59.